The molecule has 0 spiro atoms. The van der Waals surface area contributed by atoms with Gasteiger partial charge in [0.25, 0.3) is 11.5 Å². The predicted molar refractivity (Wildman–Crippen MR) is 92.1 cm³/mol. The third-order valence-electron chi connectivity index (χ3n) is 3.54. The van der Waals surface area contributed by atoms with Crippen molar-refractivity contribution in [3.05, 3.63) is 38.8 Å². The van der Waals surface area contributed by atoms with Gasteiger partial charge in [-0.15, -0.1) is 10.2 Å². The number of carbonyl (C=O) groups is 1. The van der Waals surface area contributed by atoms with Gasteiger partial charge >= 0.3 is 0 Å². The van der Waals surface area contributed by atoms with Crippen molar-refractivity contribution in [2.45, 2.75) is 47.1 Å². The number of nitrogens with one attached hydrogen (secondary N) is 1. The number of carbonyl (C=O) groups excluding carboxylic acids is 1. The molecular weight excluding hydrogens is 312 g/mol. The average Bonchev–Trinajstić information content (AvgIpc) is 2.94. The van der Waals surface area contributed by atoms with E-state index in [9.17, 15) is 9.59 Å². The van der Waals surface area contributed by atoms with Crippen molar-refractivity contribution in [3.8, 4) is 0 Å². The van der Waals surface area contributed by atoms with E-state index in [4.69, 9.17) is 0 Å². The molecule has 0 bridgehead atoms. The SMILES string of the molecule is CCc1nnc(NC(=O)c2c(C)ccn(CCC(C)C)c2=O)s1. The largest absolute Gasteiger partial charge is 0.315 e. The summed E-state index contributed by atoms with van der Waals surface area (Å²) in [6.45, 7) is 8.55. The summed E-state index contributed by atoms with van der Waals surface area (Å²) in [5.41, 5.74) is 0.571. The number of anilines is 1. The van der Waals surface area contributed by atoms with E-state index in [0.29, 0.717) is 23.2 Å². The van der Waals surface area contributed by atoms with E-state index in [-0.39, 0.29) is 11.1 Å². The van der Waals surface area contributed by atoms with Gasteiger partial charge in [-0.05, 0) is 37.3 Å². The van der Waals surface area contributed by atoms with Crippen LogP contribution in [0.15, 0.2) is 17.1 Å². The van der Waals surface area contributed by atoms with Gasteiger partial charge in [-0.25, -0.2) is 0 Å². The number of rotatable bonds is 6. The van der Waals surface area contributed by atoms with Crippen LogP contribution in [0.4, 0.5) is 5.13 Å². The Morgan fingerprint density at radius 1 is 1.39 bits per heavy atom. The van der Waals surface area contributed by atoms with Gasteiger partial charge < -0.3 is 4.57 Å². The second-order valence-corrected chi connectivity index (χ2v) is 6.93. The third kappa shape index (κ3) is 4.25. The molecule has 0 aliphatic rings. The molecule has 1 amide bonds. The average molecular weight is 334 g/mol. The molecule has 0 radical (unpaired) electrons. The van der Waals surface area contributed by atoms with Crippen molar-refractivity contribution in [1.82, 2.24) is 14.8 Å². The molecule has 0 aliphatic heterocycles. The quantitative estimate of drug-likeness (QED) is 0.881. The zero-order valence-electron chi connectivity index (χ0n) is 13.9. The smallest absolute Gasteiger partial charge is 0.263 e. The van der Waals surface area contributed by atoms with E-state index in [1.54, 1.807) is 23.8 Å². The normalized spacial score (nSPS) is 11.0. The molecule has 0 aliphatic carbocycles. The lowest BCUT2D eigenvalue weighted by molar-refractivity contribution is 0.102. The third-order valence-corrected chi connectivity index (χ3v) is 4.52. The van der Waals surface area contributed by atoms with Crippen molar-refractivity contribution in [3.63, 3.8) is 0 Å². The van der Waals surface area contributed by atoms with Crippen molar-refractivity contribution in [1.29, 1.82) is 0 Å². The lowest BCUT2D eigenvalue weighted by Gasteiger charge is -2.11. The first-order valence-corrected chi connectivity index (χ1v) is 8.57. The van der Waals surface area contributed by atoms with Crippen molar-refractivity contribution in [2.24, 2.45) is 5.92 Å². The Kier molecular flexibility index (Phi) is 5.65. The number of nitrogens with zero attached hydrogens (tertiary/aromatic N) is 3. The first-order valence-electron chi connectivity index (χ1n) is 7.76. The minimum Gasteiger partial charge on any atom is -0.315 e. The summed E-state index contributed by atoms with van der Waals surface area (Å²) >= 11 is 1.32. The highest BCUT2D eigenvalue weighted by molar-refractivity contribution is 7.15. The minimum absolute atomic E-state index is 0.171. The van der Waals surface area contributed by atoms with Gasteiger partial charge in [0.15, 0.2) is 0 Å². The van der Waals surface area contributed by atoms with E-state index in [1.807, 2.05) is 6.92 Å². The molecule has 7 heteroatoms. The Labute approximate surface area is 139 Å². The fourth-order valence-corrected chi connectivity index (χ4v) is 2.80. The maximum absolute atomic E-state index is 12.6. The zero-order valence-corrected chi connectivity index (χ0v) is 14.7. The van der Waals surface area contributed by atoms with Crippen LogP contribution in [-0.4, -0.2) is 20.7 Å². The molecule has 0 unspecified atom stereocenters. The first kappa shape index (κ1) is 17.3. The van der Waals surface area contributed by atoms with Gasteiger partial charge in [-0.1, -0.05) is 32.1 Å². The Morgan fingerprint density at radius 3 is 2.74 bits per heavy atom. The fraction of sp³-hybridized carbons (Fsp3) is 0.500. The second kappa shape index (κ2) is 7.50. The van der Waals surface area contributed by atoms with Gasteiger partial charge in [-0.2, -0.15) is 0 Å². The molecule has 124 valence electrons. The standard InChI is InChI=1S/C16H22N4O2S/c1-5-12-18-19-16(23-12)17-14(21)13-11(4)7-9-20(15(13)22)8-6-10(2)3/h7,9-10H,5-6,8H2,1-4H3,(H,17,19,21). The highest BCUT2D eigenvalue weighted by Gasteiger charge is 2.17. The van der Waals surface area contributed by atoms with Gasteiger partial charge in [0.1, 0.15) is 10.6 Å². The van der Waals surface area contributed by atoms with Crippen molar-refractivity contribution in [2.75, 3.05) is 5.32 Å². The highest BCUT2D eigenvalue weighted by Crippen LogP contribution is 2.16. The van der Waals surface area contributed by atoms with Crippen LogP contribution >= 0.6 is 11.3 Å². The highest BCUT2D eigenvalue weighted by atomic mass is 32.1. The van der Waals surface area contributed by atoms with Crippen LogP contribution < -0.4 is 10.9 Å². The molecule has 2 aromatic heterocycles. The predicted octanol–water partition coefficient (Wildman–Crippen LogP) is 2.87. The number of aromatic nitrogens is 3. The summed E-state index contributed by atoms with van der Waals surface area (Å²) in [4.78, 5) is 25.0. The Hall–Kier alpha value is -2.02. The Balaban J connectivity index is 2.24. The second-order valence-electron chi connectivity index (χ2n) is 5.86. The summed E-state index contributed by atoms with van der Waals surface area (Å²) in [6, 6.07) is 1.80. The van der Waals surface area contributed by atoms with Crippen LogP contribution in [0.25, 0.3) is 0 Å². The van der Waals surface area contributed by atoms with Crippen molar-refractivity contribution < 1.29 is 4.79 Å². The van der Waals surface area contributed by atoms with E-state index < -0.39 is 5.91 Å². The minimum atomic E-state index is -0.426. The molecule has 0 fully saturated rings. The number of aryl methyl sites for hydroxylation is 3. The number of pyridine rings is 1. The molecule has 0 saturated heterocycles. The summed E-state index contributed by atoms with van der Waals surface area (Å²) < 4.78 is 1.60. The molecule has 1 N–H and O–H groups in total. The topological polar surface area (TPSA) is 76.9 Å². The van der Waals surface area contributed by atoms with Crippen LogP contribution in [0.5, 0.6) is 0 Å². The van der Waals surface area contributed by atoms with E-state index in [0.717, 1.165) is 17.8 Å². The van der Waals surface area contributed by atoms with Crippen molar-refractivity contribution >= 4 is 22.4 Å². The number of hydrogen-bond acceptors (Lipinski definition) is 5. The van der Waals surface area contributed by atoms with Gasteiger partial charge in [0, 0.05) is 12.7 Å². The monoisotopic (exact) mass is 334 g/mol. The van der Waals surface area contributed by atoms with E-state index >= 15 is 0 Å². The molecule has 2 heterocycles. The molecule has 0 atom stereocenters. The van der Waals surface area contributed by atoms with Crippen LogP contribution in [0.3, 0.4) is 0 Å². The van der Waals surface area contributed by atoms with E-state index in [2.05, 4.69) is 29.4 Å². The Bertz CT molecular complexity index is 749. The van der Waals surface area contributed by atoms with Crippen LogP contribution in [-0.2, 0) is 13.0 Å². The van der Waals surface area contributed by atoms with Gasteiger partial charge in [0.05, 0.1) is 0 Å². The zero-order chi connectivity index (χ0) is 17.0. The van der Waals surface area contributed by atoms with Crippen LogP contribution in [0.1, 0.15) is 48.1 Å². The molecule has 0 aromatic carbocycles. The van der Waals surface area contributed by atoms with E-state index in [1.165, 1.54) is 11.3 Å². The fourth-order valence-electron chi connectivity index (χ4n) is 2.12. The molecular formula is C16H22N4O2S. The van der Waals surface area contributed by atoms with Crippen LogP contribution in [0.2, 0.25) is 0 Å². The number of amides is 1. The molecule has 23 heavy (non-hydrogen) atoms. The van der Waals surface area contributed by atoms with Gasteiger partial charge in [-0.3, -0.25) is 14.9 Å². The maximum Gasteiger partial charge on any atom is 0.263 e. The molecule has 2 rings (SSSR count). The maximum atomic E-state index is 12.6. The summed E-state index contributed by atoms with van der Waals surface area (Å²) in [5, 5.41) is 11.8. The summed E-state index contributed by atoms with van der Waals surface area (Å²) in [5.74, 6) is 0.0690. The summed E-state index contributed by atoms with van der Waals surface area (Å²) in [7, 11) is 0. The molecule has 0 saturated carbocycles. The first-order chi connectivity index (χ1) is 10.9. The molecule has 2 aromatic rings. The lowest BCUT2D eigenvalue weighted by atomic mass is 10.1. The lowest BCUT2D eigenvalue weighted by Crippen LogP contribution is -2.30. The van der Waals surface area contributed by atoms with Crippen LogP contribution in [0, 0.1) is 12.8 Å². The Morgan fingerprint density at radius 2 is 2.13 bits per heavy atom. The molecule has 6 nitrogen and oxygen atoms in total. The van der Waals surface area contributed by atoms with Gasteiger partial charge in [0.2, 0.25) is 5.13 Å². The summed E-state index contributed by atoms with van der Waals surface area (Å²) in [6.07, 6.45) is 3.40. The number of hydrogen-bond donors (Lipinski definition) is 1.